The molecular formula is C45H26N2O2. The molecule has 4 heteroatoms. The highest BCUT2D eigenvalue weighted by Gasteiger charge is 2.17. The number of nitriles is 1. The predicted octanol–water partition coefficient (Wildman–Crippen LogP) is 12.8. The quantitative estimate of drug-likeness (QED) is 0.195. The summed E-state index contributed by atoms with van der Waals surface area (Å²) in [7, 11) is 0. The first-order chi connectivity index (χ1) is 24.2. The molecule has 0 N–H and O–H groups in total. The van der Waals surface area contributed by atoms with Gasteiger partial charge in [-0.1, -0.05) is 72.8 Å². The summed E-state index contributed by atoms with van der Waals surface area (Å²) in [6.45, 7) is 0. The fourth-order valence-corrected chi connectivity index (χ4v) is 7.18. The maximum atomic E-state index is 9.25. The lowest BCUT2D eigenvalue weighted by atomic mass is 10.0. The van der Waals surface area contributed by atoms with Crippen molar-refractivity contribution in [3.63, 3.8) is 0 Å². The molecule has 0 radical (unpaired) electrons. The third-order valence-corrected chi connectivity index (χ3v) is 9.63. The smallest absolute Gasteiger partial charge is 0.136 e. The fourth-order valence-electron chi connectivity index (χ4n) is 7.18. The van der Waals surface area contributed by atoms with Crippen LogP contribution in [0, 0.1) is 11.3 Å². The summed E-state index contributed by atoms with van der Waals surface area (Å²) >= 11 is 0. The lowest BCUT2D eigenvalue weighted by Gasteiger charge is -2.26. The number of benzene rings is 8. The fraction of sp³-hybridized carbons (Fsp3) is 0. The van der Waals surface area contributed by atoms with Gasteiger partial charge in [0.25, 0.3) is 0 Å². The molecule has 10 rings (SSSR count). The number of furan rings is 2. The van der Waals surface area contributed by atoms with Crippen molar-refractivity contribution in [2.45, 2.75) is 0 Å². The molecule has 228 valence electrons. The summed E-state index contributed by atoms with van der Waals surface area (Å²) in [5.74, 6) is 0. The van der Waals surface area contributed by atoms with Crippen LogP contribution in [-0.4, -0.2) is 0 Å². The molecule has 0 aliphatic heterocycles. The van der Waals surface area contributed by atoms with Gasteiger partial charge in [-0.15, -0.1) is 0 Å². The normalized spacial score (nSPS) is 11.7. The Morgan fingerprint density at radius 1 is 0.388 bits per heavy atom. The van der Waals surface area contributed by atoms with Crippen LogP contribution < -0.4 is 4.90 Å². The first-order valence-electron chi connectivity index (χ1n) is 16.3. The van der Waals surface area contributed by atoms with Crippen LogP contribution >= 0.6 is 0 Å². The topological polar surface area (TPSA) is 53.3 Å². The molecule has 49 heavy (non-hydrogen) atoms. The van der Waals surface area contributed by atoms with Crippen LogP contribution in [0.5, 0.6) is 0 Å². The number of para-hydroxylation sites is 2. The molecule has 0 saturated carbocycles. The van der Waals surface area contributed by atoms with Crippen LogP contribution in [0.4, 0.5) is 17.1 Å². The number of hydrogen-bond donors (Lipinski definition) is 0. The van der Waals surface area contributed by atoms with E-state index < -0.39 is 0 Å². The van der Waals surface area contributed by atoms with Crippen molar-refractivity contribution in [1.29, 1.82) is 5.26 Å². The summed E-state index contributed by atoms with van der Waals surface area (Å²) in [5.41, 5.74) is 9.47. The Labute approximate surface area is 281 Å². The molecule has 0 bridgehead atoms. The summed E-state index contributed by atoms with van der Waals surface area (Å²) in [5, 5.41) is 18.3. The zero-order chi connectivity index (χ0) is 32.5. The highest BCUT2D eigenvalue weighted by atomic mass is 16.3. The Bertz CT molecular complexity index is 2790. The molecule has 0 spiro atoms. The number of fused-ring (bicyclic) bond motifs is 8. The number of hydrogen-bond acceptors (Lipinski definition) is 4. The molecule has 0 atom stereocenters. The predicted molar refractivity (Wildman–Crippen MR) is 201 cm³/mol. The van der Waals surface area contributed by atoms with E-state index in [9.17, 15) is 5.26 Å². The van der Waals surface area contributed by atoms with Gasteiger partial charge in [0.15, 0.2) is 0 Å². The zero-order valence-electron chi connectivity index (χ0n) is 26.2. The highest BCUT2D eigenvalue weighted by Crippen LogP contribution is 2.41. The van der Waals surface area contributed by atoms with Gasteiger partial charge in [-0.25, -0.2) is 0 Å². The molecule has 0 unspecified atom stereocenters. The molecule has 0 fully saturated rings. The number of nitrogens with zero attached hydrogens (tertiary/aromatic N) is 2. The molecule has 0 saturated heterocycles. The van der Waals surface area contributed by atoms with Gasteiger partial charge in [0, 0.05) is 38.6 Å². The van der Waals surface area contributed by atoms with Gasteiger partial charge in [-0.05, 0) is 118 Å². The van der Waals surface area contributed by atoms with Crippen LogP contribution in [0.3, 0.4) is 0 Å². The second-order valence-corrected chi connectivity index (χ2v) is 12.5. The second-order valence-electron chi connectivity index (χ2n) is 12.5. The lowest BCUT2D eigenvalue weighted by Crippen LogP contribution is -2.09. The van der Waals surface area contributed by atoms with Crippen molar-refractivity contribution in [2.75, 3.05) is 4.90 Å². The lowest BCUT2D eigenvalue weighted by molar-refractivity contribution is 0.669. The van der Waals surface area contributed by atoms with Crippen LogP contribution in [0.25, 0.3) is 76.5 Å². The number of rotatable bonds is 4. The summed E-state index contributed by atoms with van der Waals surface area (Å²) in [6.07, 6.45) is 0. The Morgan fingerprint density at radius 2 is 0.857 bits per heavy atom. The summed E-state index contributed by atoms with van der Waals surface area (Å²) < 4.78 is 12.5. The third-order valence-electron chi connectivity index (χ3n) is 9.63. The van der Waals surface area contributed by atoms with E-state index in [2.05, 4.69) is 120 Å². The van der Waals surface area contributed by atoms with Crippen molar-refractivity contribution >= 4 is 82.5 Å². The maximum absolute atomic E-state index is 9.25. The van der Waals surface area contributed by atoms with E-state index in [1.54, 1.807) is 0 Å². The van der Waals surface area contributed by atoms with Gasteiger partial charge in [0.2, 0.25) is 0 Å². The molecule has 2 heterocycles. The summed E-state index contributed by atoms with van der Waals surface area (Å²) in [4.78, 5) is 2.30. The Kier molecular flexibility index (Phi) is 5.90. The Morgan fingerprint density at radius 3 is 1.37 bits per heavy atom. The van der Waals surface area contributed by atoms with Gasteiger partial charge in [-0.3, -0.25) is 0 Å². The molecule has 4 nitrogen and oxygen atoms in total. The molecule has 0 aliphatic rings. The largest absolute Gasteiger partial charge is 0.456 e. The van der Waals surface area contributed by atoms with E-state index in [4.69, 9.17) is 8.83 Å². The van der Waals surface area contributed by atoms with E-state index in [1.165, 1.54) is 0 Å². The highest BCUT2D eigenvalue weighted by molar-refractivity contribution is 6.12. The van der Waals surface area contributed by atoms with Gasteiger partial charge >= 0.3 is 0 Å². The van der Waals surface area contributed by atoms with E-state index in [-0.39, 0.29) is 0 Å². The minimum Gasteiger partial charge on any atom is -0.456 e. The van der Waals surface area contributed by atoms with Gasteiger partial charge in [0.1, 0.15) is 22.3 Å². The molecule has 10 aromatic rings. The SMILES string of the molecule is N#Cc1ccc(-c2ccc(N(c3ccc4cc5c(cc4c3)oc3ccccc35)c3ccc4cc5c(cc4c3)oc3ccccc35)cc2)cc1. The number of anilines is 3. The summed E-state index contributed by atoms with van der Waals surface area (Å²) in [6, 6.07) is 56.9. The van der Waals surface area contributed by atoms with E-state index in [1.807, 2.05) is 48.5 Å². The maximum Gasteiger partial charge on any atom is 0.136 e. The first kappa shape index (κ1) is 27.3. The van der Waals surface area contributed by atoms with Crippen molar-refractivity contribution in [3.8, 4) is 17.2 Å². The van der Waals surface area contributed by atoms with Gasteiger partial charge in [0.05, 0.1) is 11.6 Å². The average Bonchev–Trinajstić information content (AvgIpc) is 3.70. The van der Waals surface area contributed by atoms with Crippen molar-refractivity contribution in [1.82, 2.24) is 0 Å². The molecule has 0 amide bonds. The molecule has 2 aromatic heterocycles. The monoisotopic (exact) mass is 626 g/mol. The zero-order valence-corrected chi connectivity index (χ0v) is 26.2. The van der Waals surface area contributed by atoms with Crippen LogP contribution in [0.2, 0.25) is 0 Å². The Balaban J connectivity index is 1.13. The Hall–Kier alpha value is -6.83. The standard InChI is InChI=1S/C45H26N2O2/c46-27-28-9-11-29(12-10-28)30-13-17-35(18-14-30)47(36-19-15-31-23-40-38-5-1-3-7-42(38)48-44(40)25-33(31)21-36)37-20-16-32-24-41-39-6-2-4-8-43(39)49-45(41)26-34(32)22-37/h1-26H. The van der Waals surface area contributed by atoms with Crippen LogP contribution in [0.15, 0.2) is 167 Å². The van der Waals surface area contributed by atoms with E-state index >= 15 is 0 Å². The van der Waals surface area contributed by atoms with Crippen LogP contribution in [0.1, 0.15) is 5.56 Å². The van der Waals surface area contributed by atoms with E-state index in [0.717, 1.165) is 93.6 Å². The van der Waals surface area contributed by atoms with Gasteiger partial charge < -0.3 is 13.7 Å². The molecule has 8 aromatic carbocycles. The van der Waals surface area contributed by atoms with Crippen molar-refractivity contribution < 1.29 is 8.83 Å². The molecular weight excluding hydrogens is 601 g/mol. The van der Waals surface area contributed by atoms with Crippen molar-refractivity contribution in [3.05, 3.63) is 163 Å². The molecule has 0 aliphatic carbocycles. The second kappa shape index (κ2) is 10.6. The minimum absolute atomic E-state index is 0.652. The average molecular weight is 627 g/mol. The van der Waals surface area contributed by atoms with E-state index in [0.29, 0.717) is 5.56 Å². The van der Waals surface area contributed by atoms with Gasteiger partial charge in [-0.2, -0.15) is 5.26 Å². The minimum atomic E-state index is 0.652. The first-order valence-corrected chi connectivity index (χ1v) is 16.3. The third kappa shape index (κ3) is 4.45. The van der Waals surface area contributed by atoms with Crippen LogP contribution in [-0.2, 0) is 0 Å². The van der Waals surface area contributed by atoms with Crippen molar-refractivity contribution in [2.24, 2.45) is 0 Å².